The van der Waals surface area contributed by atoms with E-state index in [-0.39, 0.29) is 12.1 Å². The van der Waals surface area contributed by atoms with Gasteiger partial charge in [-0.05, 0) is 30.2 Å². The van der Waals surface area contributed by atoms with Crippen molar-refractivity contribution in [1.29, 1.82) is 0 Å². The second-order valence-electron chi connectivity index (χ2n) is 5.21. The van der Waals surface area contributed by atoms with E-state index >= 15 is 0 Å². The van der Waals surface area contributed by atoms with Crippen LogP contribution in [0.4, 0.5) is 14.9 Å². The van der Waals surface area contributed by atoms with Crippen molar-refractivity contribution in [2.24, 2.45) is 5.73 Å². The van der Waals surface area contributed by atoms with E-state index in [1.807, 2.05) is 6.07 Å². The zero-order valence-corrected chi connectivity index (χ0v) is 12.7. The second-order valence-corrected chi connectivity index (χ2v) is 5.21. The Labute approximate surface area is 133 Å². The highest BCUT2D eigenvalue weighted by molar-refractivity contribution is 5.91. The summed E-state index contributed by atoms with van der Waals surface area (Å²) >= 11 is 0. The molecule has 3 amide bonds. The molecule has 0 aliphatic heterocycles. The van der Waals surface area contributed by atoms with Gasteiger partial charge in [-0.25, -0.2) is 9.18 Å². The molecule has 6 heteroatoms. The predicted octanol–water partition coefficient (Wildman–Crippen LogP) is 2.87. The van der Waals surface area contributed by atoms with E-state index in [2.05, 4.69) is 10.6 Å². The minimum absolute atomic E-state index is 0.0552. The minimum atomic E-state index is -0.728. The van der Waals surface area contributed by atoms with Crippen molar-refractivity contribution in [3.05, 3.63) is 65.5 Å². The molecule has 0 bridgehead atoms. The van der Waals surface area contributed by atoms with E-state index < -0.39 is 23.8 Å². The minimum Gasteiger partial charge on any atom is -0.352 e. The molecule has 0 unspecified atom stereocenters. The zero-order chi connectivity index (χ0) is 16.8. The van der Waals surface area contributed by atoms with Gasteiger partial charge in [0, 0.05) is 0 Å². The fourth-order valence-corrected chi connectivity index (χ4v) is 2.23. The molecule has 0 saturated carbocycles. The van der Waals surface area contributed by atoms with Gasteiger partial charge in [-0.1, -0.05) is 36.4 Å². The van der Waals surface area contributed by atoms with Crippen LogP contribution < -0.4 is 16.4 Å². The number of rotatable bonds is 5. The lowest BCUT2D eigenvalue weighted by molar-refractivity contribution is -0.116. The Morgan fingerprint density at radius 1 is 1.17 bits per heavy atom. The van der Waals surface area contributed by atoms with Crippen molar-refractivity contribution in [3.63, 3.8) is 0 Å². The van der Waals surface area contributed by atoms with Crippen molar-refractivity contribution in [2.75, 3.05) is 5.32 Å². The first kappa shape index (κ1) is 16.5. The van der Waals surface area contributed by atoms with Gasteiger partial charge in [0.1, 0.15) is 5.82 Å². The van der Waals surface area contributed by atoms with Crippen LogP contribution >= 0.6 is 0 Å². The molecule has 0 aliphatic rings. The number of nitrogens with two attached hydrogens (primary N) is 1. The molecule has 0 radical (unpaired) electrons. The van der Waals surface area contributed by atoms with Crippen LogP contribution in [-0.4, -0.2) is 11.9 Å². The molecule has 0 aliphatic carbocycles. The van der Waals surface area contributed by atoms with Gasteiger partial charge in [-0.15, -0.1) is 0 Å². The Kier molecular flexibility index (Phi) is 5.30. The molecule has 120 valence electrons. The van der Waals surface area contributed by atoms with Crippen molar-refractivity contribution >= 4 is 17.6 Å². The lowest BCUT2D eigenvalue weighted by atomic mass is 10.0. The number of primary amides is 1. The summed E-state index contributed by atoms with van der Waals surface area (Å²) < 4.78 is 13.7. The number of aryl methyl sites for hydroxylation is 1. The first-order chi connectivity index (χ1) is 11.0. The number of urea groups is 1. The predicted molar refractivity (Wildman–Crippen MR) is 86.3 cm³/mol. The highest BCUT2D eigenvalue weighted by atomic mass is 19.1. The standard InChI is InChI=1S/C17H18FN3O2/c1-11-7-8-13(18)15(9-11)20-16(22)10-14(21-17(19)23)12-5-3-2-4-6-12/h2-9,14H,10H2,1H3,(H,20,22)(H3,19,21,23)/t14-/m0/s1. The number of anilines is 1. The molecule has 0 aromatic heterocycles. The van der Waals surface area contributed by atoms with Gasteiger partial charge in [0.25, 0.3) is 0 Å². The molecular weight excluding hydrogens is 297 g/mol. The summed E-state index contributed by atoms with van der Waals surface area (Å²) in [6.07, 6.45) is -0.0552. The van der Waals surface area contributed by atoms with Gasteiger partial charge < -0.3 is 16.4 Å². The first-order valence-electron chi connectivity index (χ1n) is 7.12. The zero-order valence-electron chi connectivity index (χ0n) is 12.7. The third-order valence-corrected chi connectivity index (χ3v) is 3.30. The monoisotopic (exact) mass is 315 g/mol. The van der Waals surface area contributed by atoms with Crippen LogP contribution in [0, 0.1) is 12.7 Å². The molecule has 2 rings (SSSR count). The van der Waals surface area contributed by atoms with Crippen LogP contribution in [0.2, 0.25) is 0 Å². The van der Waals surface area contributed by atoms with Crippen LogP contribution in [0.5, 0.6) is 0 Å². The van der Waals surface area contributed by atoms with Crippen molar-refractivity contribution in [2.45, 2.75) is 19.4 Å². The van der Waals surface area contributed by atoms with Crippen LogP contribution in [-0.2, 0) is 4.79 Å². The molecule has 0 heterocycles. The van der Waals surface area contributed by atoms with E-state index in [1.165, 1.54) is 6.07 Å². The number of amides is 3. The van der Waals surface area contributed by atoms with Gasteiger partial charge in [0.05, 0.1) is 18.2 Å². The van der Waals surface area contributed by atoms with Crippen LogP contribution in [0.15, 0.2) is 48.5 Å². The summed E-state index contributed by atoms with van der Waals surface area (Å²) in [4.78, 5) is 23.3. The topological polar surface area (TPSA) is 84.2 Å². The average Bonchev–Trinajstić information content (AvgIpc) is 2.51. The van der Waals surface area contributed by atoms with Gasteiger partial charge in [0.15, 0.2) is 0 Å². The second kappa shape index (κ2) is 7.40. The van der Waals surface area contributed by atoms with Gasteiger partial charge in [-0.2, -0.15) is 0 Å². The van der Waals surface area contributed by atoms with E-state index in [0.717, 1.165) is 11.1 Å². The van der Waals surface area contributed by atoms with Crippen LogP contribution in [0.1, 0.15) is 23.6 Å². The first-order valence-corrected chi connectivity index (χ1v) is 7.12. The SMILES string of the molecule is Cc1ccc(F)c(NC(=O)C[C@H](NC(N)=O)c2ccccc2)c1. The fourth-order valence-electron chi connectivity index (χ4n) is 2.23. The largest absolute Gasteiger partial charge is 0.352 e. The molecule has 23 heavy (non-hydrogen) atoms. The molecule has 4 N–H and O–H groups in total. The van der Waals surface area contributed by atoms with Crippen molar-refractivity contribution in [3.8, 4) is 0 Å². The summed E-state index contributed by atoms with van der Waals surface area (Å²) in [7, 11) is 0. The van der Waals surface area contributed by atoms with Crippen molar-refractivity contribution in [1.82, 2.24) is 5.32 Å². The summed E-state index contributed by atoms with van der Waals surface area (Å²) in [5.41, 5.74) is 6.85. The Morgan fingerprint density at radius 2 is 1.87 bits per heavy atom. The molecule has 2 aromatic rings. The Hall–Kier alpha value is -2.89. The summed E-state index contributed by atoms with van der Waals surface area (Å²) in [6.45, 7) is 1.80. The molecule has 2 aromatic carbocycles. The fraction of sp³-hybridized carbons (Fsp3) is 0.176. The molecule has 0 spiro atoms. The van der Waals surface area contributed by atoms with Crippen molar-refractivity contribution < 1.29 is 14.0 Å². The van der Waals surface area contributed by atoms with E-state index in [1.54, 1.807) is 43.3 Å². The smallest absolute Gasteiger partial charge is 0.312 e. The maximum atomic E-state index is 13.7. The Morgan fingerprint density at radius 3 is 2.52 bits per heavy atom. The number of benzene rings is 2. The summed E-state index contributed by atoms with van der Waals surface area (Å²) in [5, 5.41) is 5.04. The lowest BCUT2D eigenvalue weighted by Gasteiger charge is -2.18. The molecule has 5 nitrogen and oxygen atoms in total. The Balaban J connectivity index is 2.11. The number of carbonyl (C=O) groups excluding carboxylic acids is 2. The summed E-state index contributed by atoms with van der Waals surface area (Å²) in [6, 6.07) is 12.1. The highest BCUT2D eigenvalue weighted by Crippen LogP contribution is 2.20. The molecular formula is C17H18FN3O2. The normalized spacial score (nSPS) is 11.6. The van der Waals surface area contributed by atoms with E-state index in [4.69, 9.17) is 5.73 Å². The third-order valence-electron chi connectivity index (χ3n) is 3.30. The molecule has 1 atom stereocenters. The van der Waals surface area contributed by atoms with Gasteiger partial charge in [-0.3, -0.25) is 4.79 Å². The number of nitrogens with one attached hydrogen (secondary N) is 2. The van der Waals surface area contributed by atoms with Gasteiger partial charge >= 0.3 is 6.03 Å². The van der Waals surface area contributed by atoms with E-state index in [0.29, 0.717) is 0 Å². The average molecular weight is 315 g/mol. The highest BCUT2D eigenvalue weighted by Gasteiger charge is 2.18. The van der Waals surface area contributed by atoms with Crippen LogP contribution in [0.3, 0.4) is 0 Å². The third kappa shape index (κ3) is 4.81. The van der Waals surface area contributed by atoms with Gasteiger partial charge in [0.2, 0.25) is 5.91 Å². The van der Waals surface area contributed by atoms with E-state index in [9.17, 15) is 14.0 Å². The molecule has 0 saturated heterocycles. The maximum Gasteiger partial charge on any atom is 0.312 e. The quantitative estimate of drug-likeness (QED) is 0.792. The number of hydrogen-bond donors (Lipinski definition) is 3. The number of hydrogen-bond acceptors (Lipinski definition) is 2. The maximum absolute atomic E-state index is 13.7. The van der Waals surface area contributed by atoms with Crippen LogP contribution in [0.25, 0.3) is 0 Å². The number of carbonyl (C=O) groups is 2. The lowest BCUT2D eigenvalue weighted by Crippen LogP contribution is -2.35. The number of halogens is 1. The molecule has 0 fully saturated rings. The summed E-state index contributed by atoms with van der Waals surface area (Å²) in [5.74, 6) is -0.930. The Bertz CT molecular complexity index is 704.